The molecule has 0 saturated heterocycles. The van der Waals surface area contributed by atoms with Crippen molar-refractivity contribution >= 4 is 11.3 Å². The molecule has 3 nitrogen and oxygen atoms in total. The molecule has 0 aliphatic rings. The number of likely N-dealkylation sites (N-methyl/N-ethyl adjacent to an activating group) is 2. The summed E-state index contributed by atoms with van der Waals surface area (Å²) < 4.78 is 0. The first-order valence-corrected chi connectivity index (χ1v) is 6.96. The van der Waals surface area contributed by atoms with E-state index < -0.39 is 0 Å². The third-order valence-electron chi connectivity index (χ3n) is 3.04. The largest absolute Gasteiger partial charge is 0.326 e. The standard InChI is InChI=1S/C13H25N3S/c1-10-6-9-17-13(10)12(11(2)14)16(5)8-7-15(3)4/h6,9,11-12H,7-8,14H2,1-5H3. The second-order valence-corrected chi connectivity index (χ2v) is 6.00. The van der Waals surface area contributed by atoms with Gasteiger partial charge >= 0.3 is 0 Å². The highest BCUT2D eigenvalue weighted by molar-refractivity contribution is 7.10. The zero-order valence-corrected chi connectivity index (χ0v) is 12.4. The van der Waals surface area contributed by atoms with Crippen molar-refractivity contribution in [1.82, 2.24) is 9.80 Å². The van der Waals surface area contributed by atoms with Crippen LogP contribution in [0.2, 0.25) is 0 Å². The van der Waals surface area contributed by atoms with E-state index >= 15 is 0 Å². The quantitative estimate of drug-likeness (QED) is 0.843. The lowest BCUT2D eigenvalue weighted by molar-refractivity contribution is 0.201. The minimum atomic E-state index is 0.152. The van der Waals surface area contributed by atoms with Gasteiger partial charge < -0.3 is 10.6 Å². The first-order chi connectivity index (χ1) is 7.93. The van der Waals surface area contributed by atoms with Gasteiger partial charge in [0.05, 0.1) is 6.04 Å². The summed E-state index contributed by atoms with van der Waals surface area (Å²) in [6, 6.07) is 2.66. The molecule has 0 spiro atoms. The SMILES string of the molecule is Cc1ccsc1C(C(C)N)N(C)CCN(C)C. The van der Waals surface area contributed by atoms with E-state index in [1.807, 2.05) is 11.3 Å². The average Bonchev–Trinajstić information content (AvgIpc) is 2.62. The molecule has 1 aromatic rings. The summed E-state index contributed by atoms with van der Waals surface area (Å²) in [6.07, 6.45) is 0. The number of thiophene rings is 1. The van der Waals surface area contributed by atoms with Crippen LogP contribution in [0.3, 0.4) is 0 Å². The maximum Gasteiger partial charge on any atom is 0.0591 e. The summed E-state index contributed by atoms with van der Waals surface area (Å²) in [5.74, 6) is 0. The predicted molar refractivity (Wildman–Crippen MR) is 76.6 cm³/mol. The third-order valence-corrected chi connectivity index (χ3v) is 4.13. The van der Waals surface area contributed by atoms with Gasteiger partial charge in [-0.3, -0.25) is 4.90 Å². The number of nitrogens with zero attached hydrogens (tertiary/aromatic N) is 2. The van der Waals surface area contributed by atoms with Gasteiger partial charge in [-0.2, -0.15) is 0 Å². The second-order valence-electron chi connectivity index (χ2n) is 5.06. The predicted octanol–water partition coefficient (Wildman–Crippen LogP) is 1.94. The molecule has 0 aliphatic carbocycles. The smallest absolute Gasteiger partial charge is 0.0591 e. The minimum Gasteiger partial charge on any atom is -0.326 e. The van der Waals surface area contributed by atoms with Crippen LogP contribution >= 0.6 is 11.3 Å². The Kier molecular flexibility index (Phi) is 5.59. The Labute approximate surface area is 109 Å². The fourth-order valence-electron chi connectivity index (χ4n) is 2.02. The lowest BCUT2D eigenvalue weighted by Crippen LogP contribution is -2.40. The summed E-state index contributed by atoms with van der Waals surface area (Å²) in [6.45, 7) is 6.36. The van der Waals surface area contributed by atoms with Crippen LogP contribution in [0.15, 0.2) is 11.4 Å². The topological polar surface area (TPSA) is 32.5 Å². The van der Waals surface area contributed by atoms with E-state index in [0.29, 0.717) is 6.04 Å². The number of hydrogen-bond donors (Lipinski definition) is 1. The second kappa shape index (κ2) is 6.50. The average molecular weight is 255 g/mol. The van der Waals surface area contributed by atoms with Crippen molar-refractivity contribution in [3.63, 3.8) is 0 Å². The summed E-state index contributed by atoms with van der Waals surface area (Å²) in [4.78, 5) is 5.97. The molecule has 2 unspecified atom stereocenters. The van der Waals surface area contributed by atoms with E-state index in [1.54, 1.807) is 0 Å². The molecule has 2 N–H and O–H groups in total. The zero-order valence-electron chi connectivity index (χ0n) is 11.6. The van der Waals surface area contributed by atoms with Gasteiger partial charge in [-0.05, 0) is 52.0 Å². The Bertz CT molecular complexity index is 333. The molecular weight excluding hydrogens is 230 g/mol. The molecule has 0 radical (unpaired) electrons. The molecule has 0 fully saturated rings. The fraction of sp³-hybridized carbons (Fsp3) is 0.692. The molecule has 0 aliphatic heterocycles. The van der Waals surface area contributed by atoms with E-state index in [0.717, 1.165) is 13.1 Å². The van der Waals surface area contributed by atoms with Gasteiger partial charge in [0.2, 0.25) is 0 Å². The monoisotopic (exact) mass is 255 g/mol. The highest BCUT2D eigenvalue weighted by atomic mass is 32.1. The molecule has 1 aromatic heterocycles. The molecular formula is C13H25N3S. The van der Waals surface area contributed by atoms with Crippen molar-refractivity contribution < 1.29 is 0 Å². The maximum absolute atomic E-state index is 6.16. The van der Waals surface area contributed by atoms with Crippen molar-refractivity contribution in [2.75, 3.05) is 34.2 Å². The Morgan fingerprint density at radius 3 is 2.35 bits per heavy atom. The molecule has 1 heterocycles. The fourth-order valence-corrected chi connectivity index (χ4v) is 3.23. The Balaban J connectivity index is 2.76. The molecule has 0 aromatic carbocycles. The van der Waals surface area contributed by atoms with Gasteiger partial charge in [-0.15, -0.1) is 11.3 Å². The first-order valence-electron chi connectivity index (χ1n) is 6.08. The van der Waals surface area contributed by atoms with Crippen LogP contribution in [-0.2, 0) is 0 Å². The molecule has 0 amide bonds. The summed E-state index contributed by atoms with van der Waals surface area (Å²) in [5, 5.41) is 2.15. The lowest BCUT2D eigenvalue weighted by Gasteiger charge is -2.31. The molecule has 0 bridgehead atoms. The van der Waals surface area contributed by atoms with Crippen molar-refractivity contribution in [2.45, 2.75) is 25.9 Å². The van der Waals surface area contributed by atoms with Gasteiger partial charge in [-0.1, -0.05) is 0 Å². The minimum absolute atomic E-state index is 0.152. The van der Waals surface area contributed by atoms with Gasteiger partial charge in [0, 0.05) is 24.0 Å². The van der Waals surface area contributed by atoms with Gasteiger partial charge in [0.25, 0.3) is 0 Å². The number of aryl methyl sites for hydroxylation is 1. The summed E-state index contributed by atoms with van der Waals surface area (Å²) >= 11 is 1.81. The highest BCUT2D eigenvalue weighted by Crippen LogP contribution is 2.29. The highest BCUT2D eigenvalue weighted by Gasteiger charge is 2.23. The molecule has 1 rings (SSSR count). The van der Waals surface area contributed by atoms with Crippen LogP contribution in [0.4, 0.5) is 0 Å². The van der Waals surface area contributed by atoms with Crippen LogP contribution in [0.25, 0.3) is 0 Å². The Hall–Kier alpha value is -0.420. The van der Waals surface area contributed by atoms with Crippen LogP contribution in [0.1, 0.15) is 23.4 Å². The number of rotatable bonds is 6. The van der Waals surface area contributed by atoms with Crippen LogP contribution in [0.5, 0.6) is 0 Å². The first kappa shape index (κ1) is 14.6. The van der Waals surface area contributed by atoms with E-state index in [2.05, 4.69) is 56.2 Å². The van der Waals surface area contributed by atoms with E-state index in [-0.39, 0.29) is 6.04 Å². The van der Waals surface area contributed by atoms with Gasteiger partial charge in [0.1, 0.15) is 0 Å². The summed E-state index contributed by atoms with van der Waals surface area (Å²) in [7, 11) is 6.37. The van der Waals surface area contributed by atoms with E-state index in [4.69, 9.17) is 5.73 Å². The van der Waals surface area contributed by atoms with Crippen molar-refractivity contribution in [2.24, 2.45) is 5.73 Å². The molecule has 17 heavy (non-hydrogen) atoms. The van der Waals surface area contributed by atoms with Gasteiger partial charge in [0.15, 0.2) is 0 Å². The summed E-state index contributed by atoms with van der Waals surface area (Å²) in [5.41, 5.74) is 7.51. The number of hydrogen-bond acceptors (Lipinski definition) is 4. The Morgan fingerprint density at radius 1 is 1.29 bits per heavy atom. The lowest BCUT2D eigenvalue weighted by atomic mass is 10.0. The Morgan fingerprint density at radius 2 is 1.94 bits per heavy atom. The van der Waals surface area contributed by atoms with Crippen LogP contribution in [0, 0.1) is 6.92 Å². The third kappa shape index (κ3) is 4.07. The van der Waals surface area contributed by atoms with Crippen LogP contribution in [-0.4, -0.2) is 50.1 Å². The molecule has 98 valence electrons. The normalized spacial score (nSPS) is 15.5. The number of nitrogens with two attached hydrogens (primary N) is 1. The zero-order chi connectivity index (χ0) is 13.0. The molecule has 2 atom stereocenters. The van der Waals surface area contributed by atoms with Gasteiger partial charge in [-0.25, -0.2) is 0 Å². The molecule has 0 saturated carbocycles. The van der Waals surface area contributed by atoms with Crippen molar-refractivity contribution in [3.05, 3.63) is 21.9 Å². The molecule has 4 heteroatoms. The van der Waals surface area contributed by atoms with Crippen LogP contribution < -0.4 is 5.73 Å². The van der Waals surface area contributed by atoms with E-state index in [1.165, 1.54) is 10.4 Å². The van der Waals surface area contributed by atoms with Crippen molar-refractivity contribution in [1.29, 1.82) is 0 Å². The van der Waals surface area contributed by atoms with E-state index in [9.17, 15) is 0 Å². The maximum atomic E-state index is 6.16. The van der Waals surface area contributed by atoms with Crippen molar-refractivity contribution in [3.8, 4) is 0 Å².